The molecule has 0 aromatic heterocycles. The summed E-state index contributed by atoms with van der Waals surface area (Å²) >= 11 is 0. The lowest BCUT2D eigenvalue weighted by Gasteiger charge is -2.39. The summed E-state index contributed by atoms with van der Waals surface area (Å²) in [4.78, 5) is 25.6. The number of hydrogen-bond donors (Lipinski definition) is 1. The minimum absolute atomic E-state index is 0.00894. The number of nitrogens with one attached hydrogen (secondary N) is 1. The van der Waals surface area contributed by atoms with Crippen LogP contribution in [0, 0.1) is 27.8 Å². The van der Waals surface area contributed by atoms with Crippen LogP contribution in [0.1, 0.15) is 50.5 Å². The molecule has 6 nitrogen and oxygen atoms in total. The molecule has 33 heavy (non-hydrogen) atoms. The Morgan fingerprint density at radius 2 is 1.76 bits per heavy atom. The Morgan fingerprint density at radius 3 is 2.48 bits per heavy atom. The minimum Gasteiger partial charge on any atom is -0.371 e. The molecule has 1 N–H and O–H groups in total. The zero-order valence-electron chi connectivity index (χ0n) is 18.9. The van der Waals surface area contributed by atoms with Gasteiger partial charge in [-0.3, -0.25) is 14.9 Å². The van der Waals surface area contributed by atoms with E-state index in [9.17, 15) is 19.3 Å². The number of nitro benzene ring substituents is 1. The number of nitro groups is 1. The van der Waals surface area contributed by atoms with Crippen LogP contribution < -0.4 is 10.2 Å². The molecule has 7 heteroatoms. The molecule has 1 aliphatic heterocycles. The molecule has 1 saturated carbocycles. The van der Waals surface area contributed by atoms with E-state index < -0.39 is 0 Å². The molecule has 1 amide bonds. The third-order valence-electron chi connectivity index (χ3n) is 7.11. The zero-order valence-corrected chi connectivity index (χ0v) is 18.9. The number of anilines is 1. The van der Waals surface area contributed by atoms with Gasteiger partial charge in [-0.1, -0.05) is 25.0 Å². The normalized spacial score (nSPS) is 23.2. The standard InChI is InChI=1S/C26H32FN3O3/c27-22-9-7-19(8-10-22)17-26(31)28-25-6-2-1-5-21(25)16-20-4-3-15-29(18-20)23-11-13-24(14-12-23)30(32)33/h7-14,20-21,25H,1-6,15-18H2,(H,28,31)/t20?,21-,25+/m0/s1. The van der Waals surface area contributed by atoms with Crippen LogP contribution in [0.3, 0.4) is 0 Å². The van der Waals surface area contributed by atoms with Crippen molar-refractivity contribution in [2.24, 2.45) is 11.8 Å². The third kappa shape index (κ3) is 6.30. The van der Waals surface area contributed by atoms with Gasteiger partial charge in [0.15, 0.2) is 0 Å². The first kappa shape index (κ1) is 23.2. The maximum atomic E-state index is 13.1. The summed E-state index contributed by atoms with van der Waals surface area (Å²) in [5.41, 5.74) is 1.99. The molecule has 1 heterocycles. The van der Waals surface area contributed by atoms with Crippen LogP contribution in [0.15, 0.2) is 48.5 Å². The Morgan fingerprint density at radius 1 is 1.03 bits per heavy atom. The van der Waals surface area contributed by atoms with Crippen LogP contribution in [0.5, 0.6) is 0 Å². The zero-order chi connectivity index (χ0) is 23.2. The van der Waals surface area contributed by atoms with Crippen LogP contribution in [-0.4, -0.2) is 30.0 Å². The molecule has 1 saturated heterocycles. The lowest BCUT2D eigenvalue weighted by atomic mass is 9.77. The number of non-ortho nitro benzene ring substituents is 1. The smallest absolute Gasteiger partial charge is 0.269 e. The number of rotatable bonds is 7. The molecule has 1 aliphatic carbocycles. The first-order valence-electron chi connectivity index (χ1n) is 12.0. The lowest BCUT2D eigenvalue weighted by Crippen LogP contribution is -2.44. The van der Waals surface area contributed by atoms with Crippen molar-refractivity contribution in [2.75, 3.05) is 18.0 Å². The van der Waals surface area contributed by atoms with Gasteiger partial charge in [0.05, 0.1) is 11.3 Å². The number of benzene rings is 2. The maximum absolute atomic E-state index is 13.1. The molecule has 0 bridgehead atoms. The van der Waals surface area contributed by atoms with Crippen molar-refractivity contribution in [2.45, 2.75) is 57.4 Å². The highest BCUT2D eigenvalue weighted by Crippen LogP contribution is 2.34. The quantitative estimate of drug-likeness (QED) is 0.458. The van der Waals surface area contributed by atoms with E-state index in [1.54, 1.807) is 24.3 Å². The Kier molecular flexibility index (Phi) is 7.57. The fourth-order valence-corrected chi connectivity index (χ4v) is 5.43. The second-order valence-corrected chi connectivity index (χ2v) is 9.49. The van der Waals surface area contributed by atoms with Crippen LogP contribution in [-0.2, 0) is 11.2 Å². The van der Waals surface area contributed by atoms with Crippen LogP contribution >= 0.6 is 0 Å². The predicted molar refractivity (Wildman–Crippen MR) is 127 cm³/mol. The van der Waals surface area contributed by atoms with Gasteiger partial charge in [-0.15, -0.1) is 0 Å². The van der Waals surface area contributed by atoms with E-state index in [0.717, 1.165) is 56.4 Å². The number of nitrogens with zero attached hydrogens (tertiary/aromatic N) is 2. The number of carbonyl (C=O) groups excluding carboxylic acids is 1. The van der Waals surface area contributed by atoms with Crippen molar-refractivity contribution in [3.05, 3.63) is 70.0 Å². The van der Waals surface area contributed by atoms with Gasteiger partial charge in [-0.05, 0) is 73.8 Å². The van der Waals surface area contributed by atoms with Crippen LogP contribution in [0.4, 0.5) is 15.8 Å². The molecule has 0 radical (unpaired) electrons. The fraction of sp³-hybridized carbons (Fsp3) is 0.500. The Labute approximate surface area is 194 Å². The Bertz CT molecular complexity index is 948. The van der Waals surface area contributed by atoms with E-state index in [2.05, 4.69) is 10.2 Å². The third-order valence-corrected chi connectivity index (χ3v) is 7.11. The van der Waals surface area contributed by atoms with Crippen molar-refractivity contribution >= 4 is 17.3 Å². The van der Waals surface area contributed by atoms with Crippen LogP contribution in [0.2, 0.25) is 0 Å². The predicted octanol–water partition coefficient (Wildman–Crippen LogP) is 5.26. The van der Waals surface area contributed by atoms with E-state index >= 15 is 0 Å². The molecule has 2 aromatic rings. The summed E-state index contributed by atoms with van der Waals surface area (Å²) in [6.07, 6.45) is 8.14. The van der Waals surface area contributed by atoms with Gasteiger partial charge in [-0.25, -0.2) is 4.39 Å². The van der Waals surface area contributed by atoms with E-state index in [-0.39, 0.29) is 34.8 Å². The average molecular weight is 454 g/mol. The summed E-state index contributed by atoms with van der Waals surface area (Å²) < 4.78 is 13.1. The van der Waals surface area contributed by atoms with E-state index in [1.165, 1.54) is 25.0 Å². The Balaban J connectivity index is 1.33. The van der Waals surface area contributed by atoms with Gasteiger partial charge in [0.1, 0.15) is 5.82 Å². The highest BCUT2D eigenvalue weighted by molar-refractivity contribution is 5.78. The average Bonchev–Trinajstić information content (AvgIpc) is 2.82. The number of halogens is 1. The lowest BCUT2D eigenvalue weighted by molar-refractivity contribution is -0.384. The molecule has 2 aliphatic rings. The highest BCUT2D eigenvalue weighted by atomic mass is 19.1. The van der Waals surface area contributed by atoms with Gasteiger partial charge in [0.25, 0.3) is 5.69 Å². The second-order valence-electron chi connectivity index (χ2n) is 9.49. The molecule has 2 fully saturated rings. The molecule has 176 valence electrons. The van der Waals surface area contributed by atoms with Gasteiger partial charge in [-0.2, -0.15) is 0 Å². The van der Waals surface area contributed by atoms with E-state index in [0.29, 0.717) is 11.8 Å². The van der Waals surface area contributed by atoms with E-state index in [4.69, 9.17) is 0 Å². The monoisotopic (exact) mass is 453 g/mol. The molecule has 0 spiro atoms. The molecular formula is C26H32FN3O3. The first-order chi connectivity index (χ1) is 16.0. The number of piperidine rings is 1. The van der Waals surface area contributed by atoms with Crippen molar-refractivity contribution in [1.29, 1.82) is 0 Å². The Hall–Kier alpha value is -2.96. The molecule has 2 aromatic carbocycles. The molecule has 1 unspecified atom stereocenters. The van der Waals surface area contributed by atoms with Gasteiger partial charge in [0, 0.05) is 37.0 Å². The molecule has 3 atom stereocenters. The summed E-state index contributed by atoms with van der Waals surface area (Å²) in [6, 6.07) is 13.2. The summed E-state index contributed by atoms with van der Waals surface area (Å²) in [5, 5.41) is 14.2. The van der Waals surface area contributed by atoms with Crippen molar-refractivity contribution in [3.63, 3.8) is 0 Å². The summed E-state index contributed by atoms with van der Waals surface area (Å²) in [6.45, 7) is 1.92. The van der Waals surface area contributed by atoms with Crippen molar-refractivity contribution < 1.29 is 14.1 Å². The largest absolute Gasteiger partial charge is 0.371 e. The van der Waals surface area contributed by atoms with Crippen molar-refractivity contribution in [1.82, 2.24) is 5.32 Å². The van der Waals surface area contributed by atoms with Crippen molar-refractivity contribution in [3.8, 4) is 0 Å². The second kappa shape index (κ2) is 10.8. The fourth-order valence-electron chi connectivity index (χ4n) is 5.43. The first-order valence-corrected chi connectivity index (χ1v) is 12.0. The van der Waals surface area contributed by atoms with Crippen LogP contribution in [0.25, 0.3) is 0 Å². The molecule has 4 rings (SSSR count). The van der Waals surface area contributed by atoms with Gasteiger partial charge >= 0.3 is 0 Å². The summed E-state index contributed by atoms with van der Waals surface area (Å²) in [5.74, 6) is 0.739. The topological polar surface area (TPSA) is 75.5 Å². The highest BCUT2D eigenvalue weighted by Gasteiger charge is 2.30. The van der Waals surface area contributed by atoms with Gasteiger partial charge < -0.3 is 10.2 Å². The van der Waals surface area contributed by atoms with Gasteiger partial charge in [0.2, 0.25) is 5.91 Å². The molecular weight excluding hydrogens is 421 g/mol. The number of carbonyl (C=O) groups is 1. The maximum Gasteiger partial charge on any atom is 0.269 e. The SMILES string of the molecule is O=C(Cc1ccc(F)cc1)N[C@@H]1CCCC[C@H]1CC1CCCN(c2ccc([N+](=O)[O-])cc2)C1. The minimum atomic E-state index is -0.365. The number of amides is 1. The van der Waals surface area contributed by atoms with E-state index in [1.807, 2.05) is 12.1 Å². The summed E-state index contributed by atoms with van der Waals surface area (Å²) in [7, 11) is 0. The number of hydrogen-bond acceptors (Lipinski definition) is 4.